The molecule has 0 spiro atoms. The van der Waals surface area contributed by atoms with Crippen LogP contribution in [0.2, 0.25) is 0 Å². The summed E-state index contributed by atoms with van der Waals surface area (Å²) in [6, 6.07) is 14.4. The second-order valence-electron chi connectivity index (χ2n) is 9.98. The van der Waals surface area contributed by atoms with Gasteiger partial charge in [-0.25, -0.2) is 0 Å². The maximum Gasteiger partial charge on any atom is 0.122 e. The van der Waals surface area contributed by atoms with Crippen molar-refractivity contribution in [1.82, 2.24) is 0 Å². The molecule has 0 radical (unpaired) electrons. The highest BCUT2D eigenvalue weighted by atomic mass is 16.3. The Bertz CT molecular complexity index is 1120. The number of phenolic OH excluding ortho intramolecular Hbond substituents is 2. The van der Waals surface area contributed by atoms with E-state index in [1.54, 1.807) is 12.1 Å². The number of rotatable bonds is 6. The lowest BCUT2D eigenvalue weighted by atomic mass is 9.81. The van der Waals surface area contributed by atoms with E-state index < -0.39 is 0 Å². The molecule has 0 aromatic heterocycles. The minimum atomic E-state index is 0.310. The predicted octanol–water partition coefficient (Wildman–Crippen LogP) is 7.81. The van der Waals surface area contributed by atoms with E-state index >= 15 is 0 Å². The first-order chi connectivity index (χ1) is 15.9. The average molecular weight is 443 g/mol. The summed E-state index contributed by atoms with van der Waals surface area (Å²) in [5.74, 6) is 1.35. The third kappa shape index (κ3) is 5.11. The lowest BCUT2D eigenvalue weighted by molar-refractivity contribution is 0.411. The summed E-state index contributed by atoms with van der Waals surface area (Å²) >= 11 is 0. The third-order valence-corrected chi connectivity index (χ3v) is 7.79. The first-order valence-corrected chi connectivity index (χ1v) is 12.6. The molecule has 3 aromatic rings. The Hall–Kier alpha value is -2.74. The van der Waals surface area contributed by atoms with Crippen molar-refractivity contribution in [3.8, 4) is 11.5 Å². The quantitative estimate of drug-likeness (QED) is 0.408. The number of hydrogen-bond acceptors (Lipinski definition) is 2. The minimum absolute atomic E-state index is 0.310. The molecule has 0 amide bonds. The first kappa shape index (κ1) is 23.4. The van der Waals surface area contributed by atoms with Crippen molar-refractivity contribution in [3.63, 3.8) is 0 Å². The van der Waals surface area contributed by atoms with Crippen LogP contribution >= 0.6 is 0 Å². The molecule has 2 nitrogen and oxygen atoms in total. The summed E-state index contributed by atoms with van der Waals surface area (Å²) in [6.45, 7) is 8.82. The van der Waals surface area contributed by atoms with Crippen LogP contribution < -0.4 is 0 Å². The van der Waals surface area contributed by atoms with Crippen molar-refractivity contribution in [1.29, 1.82) is 0 Å². The fourth-order valence-corrected chi connectivity index (χ4v) is 5.56. The van der Waals surface area contributed by atoms with E-state index in [1.165, 1.54) is 76.6 Å². The van der Waals surface area contributed by atoms with Gasteiger partial charge in [0.05, 0.1) is 0 Å². The summed E-state index contributed by atoms with van der Waals surface area (Å²) in [5, 5.41) is 20.6. The van der Waals surface area contributed by atoms with Crippen LogP contribution in [0.3, 0.4) is 0 Å². The van der Waals surface area contributed by atoms with Gasteiger partial charge in [-0.15, -0.1) is 0 Å². The summed E-state index contributed by atoms with van der Waals surface area (Å²) < 4.78 is 0. The van der Waals surface area contributed by atoms with Crippen molar-refractivity contribution in [2.45, 2.75) is 85.0 Å². The van der Waals surface area contributed by atoms with Gasteiger partial charge in [0.1, 0.15) is 11.5 Å². The zero-order valence-corrected chi connectivity index (χ0v) is 20.7. The summed E-state index contributed by atoms with van der Waals surface area (Å²) in [7, 11) is 0. The topological polar surface area (TPSA) is 40.5 Å². The fourth-order valence-electron chi connectivity index (χ4n) is 5.56. The second kappa shape index (κ2) is 10.0. The van der Waals surface area contributed by atoms with Crippen molar-refractivity contribution < 1.29 is 10.2 Å². The predicted molar refractivity (Wildman–Crippen MR) is 138 cm³/mol. The van der Waals surface area contributed by atoms with Crippen LogP contribution in [0.4, 0.5) is 0 Å². The summed E-state index contributed by atoms with van der Waals surface area (Å²) in [4.78, 5) is 0. The molecule has 0 unspecified atom stereocenters. The number of phenols is 2. The third-order valence-electron chi connectivity index (χ3n) is 7.79. The van der Waals surface area contributed by atoms with Gasteiger partial charge in [-0.3, -0.25) is 0 Å². The van der Waals surface area contributed by atoms with E-state index in [-0.39, 0.29) is 0 Å². The Morgan fingerprint density at radius 1 is 0.758 bits per heavy atom. The maximum absolute atomic E-state index is 11.0. The molecule has 0 saturated heterocycles. The van der Waals surface area contributed by atoms with Gasteiger partial charge in [0.15, 0.2) is 0 Å². The largest absolute Gasteiger partial charge is 0.508 e. The van der Waals surface area contributed by atoms with Gasteiger partial charge >= 0.3 is 0 Å². The zero-order chi connectivity index (χ0) is 23.5. The molecule has 4 rings (SSSR count). The van der Waals surface area contributed by atoms with Crippen molar-refractivity contribution >= 4 is 0 Å². The van der Waals surface area contributed by atoms with Crippen LogP contribution in [0, 0.1) is 20.8 Å². The smallest absolute Gasteiger partial charge is 0.122 e. The normalized spacial score (nSPS) is 14.5. The molecule has 1 aliphatic rings. The highest BCUT2D eigenvalue weighted by Gasteiger charge is 2.21. The maximum atomic E-state index is 11.0. The molecule has 2 N–H and O–H groups in total. The Morgan fingerprint density at radius 2 is 1.45 bits per heavy atom. The van der Waals surface area contributed by atoms with Gasteiger partial charge in [0.25, 0.3) is 0 Å². The standard InChI is InChI=1S/C31H38O2/c1-5-25-16-24(19-30(31(25)33)26-9-7-6-8-10-26)17-27-15-20(2)21(3)29(22(27)4)18-23-11-13-28(32)14-12-23/h11-16,19,26,32-33H,5-10,17-18H2,1-4H3. The van der Waals surface area contributed by atoms with E-state index in [0.29, 0.717) is 17.4 Å². The number of aryl methyl sites for hydroxylation is 2. The van der Waals surface area contributed by atoms with E-state index in [2.05, 4.69) is 45.9 Å². The van der Waals surface area contributed by atoms with E-state index in [4.69, 9.17) is 0 Å². The number of hydrogen-bond donors (Lipinski definition) is 2. The molecule has 3 aromatic carbocycles. The summed E-state index contributed by atoms with van der Waals surface area (Å²) in [5.41, 5.74) is 11.6. The monoisotopic (exact) mass is 442 g/mol. The lowest BCUT2D eigenvalue weighted by Crippen LogP contribution is -2.08. The van der Waals surface area contributed by atoms with Gasteiger partial charge in [0.2, 0.25) is 0 Å². The van der Waals surface area contributed by atoms with E-state index in [9.17, 15) is 10.2 Å². The average Bonchev–Trinajstić information content (AvgIpc) is 2.83. The fraction of sp³-hybridized carbons (Fsp3) is 0.419. The van der Waals surface area contributed by atoms with E-state index in [1.807, 2.05) is 12.1 Å². The Morgan fingerprint density at radius 3 is 2.12 bits per heavy atom. The van der Waals surface area contributed by atoms with Crippen LogP contribution in [0.1, 0.15) is 95.0 Å². The highest BCUT2D eigenvalue weighted by molar-refractivity contribution is 5.51. The van der Waals surface area contributed by atoms with Crippen molar-refractivity contribution in [2.24, 2.45) is 0 Å². The molecule has 1 aliphatic carbocycles. The Balaban J connectivity index is 1.70. The molecule has 0 atom stereocenters. The molecule has 174 valence electrons. The minimum Gasteiger partial charge on any atom is -0.508 e. The van der Waals surface area contributed by atoms with Crippen molar-refractivity contribution in [3.05, 3.63) is 92.5 Å². The molecule has 0 heterocycles. The molecular weight excluding hydrogens is 404 g/mol. The Kier molecular flexibility index (Phi) is 7.12. The van der Waals surface area contributed by atoms with Gasteiger partial charge < -0.3 is 10.2 Å². The highest BCUT2D eigenvalue weighted by Crippen LogP contribution is 2.40. The molecule has 33 heavy (non-hydrogen) atoms. The Labute approximate surface area is 199 Å². The van der Waals surface area contributed by atoms with Crippen LogP contribution in [-0.4, -0.2) is 10.2 Å². The molecular formula is C31H38O2. The van der Waals surface area contributed by atoms with Gasteiger partial charge in [-0.1, -0.05) is 56.5 Å². The van der Waals surface area contributed by atoms with Crippen LogP contribution in [0.5, 0.6) is 11.5 Å². The van der Waals surface area contributed by atoms with Crippen LogP contribution in [0.25, 0.3) is 0 Å². The molecule has 1 fully saturated rings. The summed E-state index contributed by atoms with van der Waals surface area (Å²) in [6.07, 6.45) is 8.87. The van der Waals surface area contributed by atoms with Gasteiger partial charge in [-0.2, -0.15) is 0 Å². The molecule has 0 bridgehead atoms. The van der Waals surface area contributed by atoms with E-state index in [0.717, 1.165) is 24.8 Å². The second-order valence-corrected chi connectivity index (χ2v) is 9.98. The number of aromatic hydroxyl groups is 2. The molecule has 2 heteroatoms. The SMILES string of the molecule is CCc1cc(Cc2cc(C)c(C)c(Cc3ccc(O)cc3)c2C)cc(C2CCCCC2)c1O. The van der Waals surface area contributed by atoms with Gasteiger partial charge in [-0.05, 0) is 121 Å². The molecule has 0 aliphatic heterocycles. The van der Waals surface area contributed by atoms with Crippen molar-refractivity contribution in [2.75, 3.05) is 0 Å². The van der Waals surface area contributed by atoms with Crippen LogP contribution in [0.15, 0.2) is 42.5 Å². The molecule has 1 saturated carbocycles. The first-order valence-electron chi connectivity index (χ1n) is 12.6. The van der Waals surface area contributed by atoms with Gasteiger partial charge in [0, 0.05) is 0 Å². The lowest BCUT2D eigenvalue weighted by Gasteiger charge is -2.25. The number of benzene rings is 3. The zero-order valence-electron chi connectivity index (χ0n) is 20.7. The van der Waals surface area contributed by atoms with Crippen LogP contribution in [-0.2, 0) is 19.3 Å².